The largest absolute Gasteiger partial charge is 0.490 e. The van der Waals surface area contributed by atoms with Crippen LogP contribution in [0.15, 0.2) is 53.5 Å². The van der Waals surface area contributed by atoms with Gasteiger partial charge in [0, 0.05) is 24.4 Å². The number of ether oxygens (including phenoxy) is 1. The first-order valence-corrected chi connectivity index (χ1v) is 12.0. The average Bonchev–Trinajstić information content (AvgIpc) is 3.33. The van der Waals surface area contributed by atoms with Crippen LogP contribution in [0.2, 0.25) is 10.0 Å². The fourth-order valence-electron chi connectivity index (χ4n) is 3.04. The highest BCUT2D eigenvalue weighted by atomic mass is 35.5. The number of rotatable bonds is 11. The summed E-state index contributed by atoms with van der Waals surface area (Å²) in [7, 11) is 0. The van der Waals surface area contributed by atoms with E-state index in [2.05, 4.69) is 36.1 Å². The minimum absolute atomic E-state index is 0.284. The van der Waals surface area contributed by atoms with E-state index < -0.39 is 0 Å². The molecule has 0 spiro atoms. The van der Waals surface area contributed by atoms with Gasteiger partial charge < -0.3 is 14.5 Å². The number of aromatic nitrogens is 2. The molecule has 1 aromatic carbocycles. The molecule has 0 bridgehead atoms. The van der Waals surface area contributed by atoms with E-state index >= 15 is 0 Å². The SMILES string of the molecule is CCCC(CCC)Oc1ccc(Cl)c(Cl)c1.CCCCNc1nccc(-c2ccoc2)n1. The zero-order valence-electron chi connectivity index (χ0n) is 19.1. The molecule has 0 unspecified atom stereocenters. The Kier molecular flexibility index (Phi) is 12.0. The predicted molar refractivity (Wildman–Crippen MR) is 134 cm³/mol. The molecule has 1 N–H and O–H groups in total. The van der Waals surface area contributed by atoms with E-state index in [0.717, 1.165) is 62.1 Å². The Bertz CT molecular complexity index is 898. The Morgan fingerprint density at radius 1 is 1.00 bits per heavy atom. The van der Waals surface area contributed by atoms with Gasteiger partial charge in [-0.15, -0.1) is 0 Å². The molecule has 5 nitrogen and oxygen atoms in total. The topological polar surface area (TPSA) is 60.2 Å². The maximum absolute atomic E-state index is 5.94. The van der Waals surface area contributed by atoms with Gasteiger partial charge >= 0.3 is 0 Å². The van der Waals surface area contributed by atoms with E-state index in [0.29, 0.717) is 16.0 Å². The Balaban J connectivity index is 0.000000227. The van der Waals surface area contributed by atoms with Crippen LogP contribution < -0.4 is 10.1 Å². The molecular weight excluding hydrogens is 445 g/mol. The third-order valence-electron chi connectivity index (χ3n) is 4.70. The Morgan fingerprint density at radius 2 is 1.78 bits per heavy atom. The molecular formula is C25H33Cl2N3O2. The lowest BCUT2D eigenvalue weighted by atomic mass is 10.1. The lowest BCUT2D eigenvalue weighted by molar-refractivity contribution is 0.179. The van der Waals surface area contributed by atoms with Gasteiger partial charge in [-0.2, -0.15) is 0 Å². The van der Waals surface area contributed by atoms with Crippen molar-refractivity contribution in [3.63, 3.8) is 0 Å². The van der Waals surface area contributed by atoms with Crippen LogP contribution in [0.5, 0.6) is 5.75 Å². The third-order valence-corrected chi connectivity index (χ3v) is 5.44. The van der Waals surface area contributed by atoms with Crippen LogP contribution in [-0.2, 0) is 0 Å². The lowest BCUT2D eigenvalue weighted by Gasteiger charge is -2.18. The summed E-state index contributed by atoms with van der Waals surface area (Å²) in [6.45, 7) is 7.40. The van der Waals surface area contributed by atoms with E-state index in [1.807, 2.05) is 18.2 Å². The Hall–Kier alpha value is -2.24. The molecule has 0 atom stereocenters. The minimum atomic E-state index is 0.284. The molecule has 0 radical (unpaired) electrons. The molecule has 0 saturated heterocycles. The molecule has 2 heterocycles. The van der Waals surface area contributed by atoms with Gasteiger partial charge in [0.25, 0.3) is 0 Å². The first-order chi connectivity index (χ1) is 15.6. The number of anilines is 1. The second kappa shape index (κ2) is 14.8. The van der Waals surface area contributed by atoms with E-state index in [4.69, 9.17) is 32.4 Å². The number of benzene rings is 1. The predicted octanol–water partition coefficient (Wildman–Crippen LogP) is 8.29. The minimum Gasteiger partial charge on any atom is -0.490 e. The van der Waals surface area contributed by atoms with Crippen molar-refractivity contribution in [1.29, 1.82) is 0 Å². The molecule has 0 amide bonds. The summed E-state index contributed by atoms with van der Waals surface area (Å²) in [5.41, 5.74) is 1.85. The maximum atomic E-state index is 5.94. The summed E-state index contributed by atoms with van der Waals surface area (Å²) in [5, 5.41) is 4.31. The lowest BCUT2D eigenvalue weighted by Crippen LogP contribution is -2.15. The van der Waals surface area contributed by atoms with Gasteiger partial charge in [-0.25, -0.2) is 9.97 Å². The highest BCUT2D eigenvalue weighted by molar-refractivity contribution is 6.42. The van der Waals surface area contributed by atoms with Gasteiger partial charge in [-0.05, 0) is 43.5 Å². The smallest absolute Gasteiger partial charge is 0.223 e. The van der Waals surface area contributed by atoms with Crippen LogP contribution >= 0.6 is 23.2 Å². The van der Waals surface area contributed by atoms with Crippen LogP contribution in [0.3, 0.4) is 0 Å². The summed E-state index contributed by atoms with van der Waals surface area (Å²) in [6, 6.07) is 9.18. The number of unbranched alkanes of at least 4 members (excludes halogenated alkanes) is 1. The van der Waals surface area contributed by atoms with Crippen molar-refractivity contribution in [1.82, 2.24) is 9.97 Å². The first-order valence-electron chi connectivity index (χ1n) is 11.3. The van der Waals surface area contributed by atoms with Crippen LogP contribution in [0.1, 0.15) is 59.3 Å². The zero-order chi connectivity index (χ0) is 23.2. The van der Waals surface area contributed by atoms with Crippen molar-refractivity contribution >= 4 is 29.2 Å². The summed E-state index contributed by atoms with van der Waals surface area (Å²) in [4.78, 5) is 8.57. The second-order valence-electron chi connectivity index (χ2n) is 7.45. The number of halogens is 2. The summed E-state index contributed by atoms with van der Waals surface area (Å²) >= 11 is 11.8. The van der Waals surface area contributed by atoms with Crippen molar-refractivity contribution < 1.29 is 9.15 Å². The molecule has 0 aliphatic carbocycles. The van der Waals surface area contributed by atoms with Gasteiger partial charge in [0.2, 0.25) is 5.95 Å². The van der Waals surface area contributed by atoms with Gasteiger partial charge in [0.1, 0.15) is 5.75 Å². The molecule has 3 rings (SSSR count). The molecule has 32 heavy (non-hydrogen) atoms. The highest BCUT2D eigenvalue weighted by Gasteiger charge is 2.09. The number of nitrogens with one attached hydrogen (secondary N) is 1. The molecule has 0 fully saturated rings. The van der Waals surface area contributed by atoms with Gasteiger partial charge in [-0.1, -0.05) is 63.2 Å². The molecule has 0 saturated carbocycles. The monoisotopic (exact) mass is 477 g/mol. The van der Waals surface area contributed by atoms with Gasteiger partial charge in [-0.3, -0.25) is 0 Å². The van der Waals surface area contributed by atoms with Gasteiger partial charge in [0.15, 0.2) is 0 Å². The number of furan rings is 1. The van der Waals surface area contributed by atoms with E-state index in [9.17, 15) is 0 Å². The second-order valence-corrected chi connectivity index (χ2v) is 8.27. The van der Waals surface area contributed by atoms with E-state index in [1.54, 1.807) is 30.9 Å². The van der Waals surface area contributed by atoms with E-state index in [1.165, 1.54) is 0 Å². The van der Waals surface area contributed by atoms with Crippen molar-refractivity contribution in [2.45, 2.75) is 65.4 Å². The van der Waals surface area contributed by atoms with Crippen molar-refractivity contribution in [2.75, 3.05) is 11.9 Å². The number of hydrogen-bond acceptors (Lipinski definition) is 5. The summed E-state index contributed by atoms with van der Waals surface area (Å²) in [5.74, 6) is 1.48. The highest BCUT2D eigenvalue weighted by Crippen LogP contribution is 2.27. The normalized spacial score (nSPS) is 10.6. The molecule has 0 aliphatic heterocycles. The molecule has 2 aromatic heterocycles. The van der Waals surface area contributed by atoms with Crippen LogP contribution in [0, 0.1) is 0 Å². The maximum Gasteiger partial charge on any atom is 0.223 e. The van der Waals surface area contributed by atoms with Crippen LogP contribution in [0.25, 0.3) is 11.3 Å². The van der Waals surface area contributed by atoms with Crippen LogP contribution in [-0.4, -0.2) is 22.6 Å². The van der Waals surface area contributed by atoms with Crippen LogP contribution in [0.4, 0.5) is 5.95 Å². The van der Waals surface area contributed by atoms with Crippen molar-refractivity contribution in [3.05, 3.63) is 59.1 Å². The fourth-order valence-corrected chi connectivity index (χ4v) is 3.33. The number of nitrogens with zero attached hydrogens (tertiary/aromatic N) is 2. The average molecular weight is 478 g/mol. The standard InChI is InChI=1S/C13H18Cl2O.C12H15N3O/c1-3-5-10(6-4-2)16-11-7-8-12(14)13(15)9-11;1-2-3-6-13-12-14-7-4-11(15-12)10-5-8-16-9-10/h7-10H,3-6H2,1-2H3;4-5,7-9H,2-3,6H2,1H3,(H,13,14,15). The summed E-state index contributed by atoms with van der Waals surface area (Å²) in [6.07, 6.45) is 12.1. The third kappa shape index (κ3) is 9.09. The molecule has 3 aromatic rings. The number of hydrogen-bond donors (Lipinski definition) is 1. The quantitative estimate of drug-likeness (QED) is 0.281. The fraction of sp³-hybridized carbons (Fsp3) is 0.440. The first kappa shape index (κ1) is 26.0. The molecule has 7 heteroatoms. The van der Waals surface area contributed by atoms with E-state index in [-0.39, 0.29) is 6.10 Å². The summed E-state index contributed by atoms with van der Waals surface area (Å²) < 4.78 is 10.9. The van der Waals surface area contributed by atoms with Crippen molar-refractivity contribution in [2.24, 2.45) is 0 Å². The molecule has 0 aliphatic rings. The van der Waals surface area contributed by atoms with Gasteiger partial charge in [0.05, 0.1) is 34.4 Å². The molecule has 174 valence electrons. The Labute approximate surface area is 201 Å². The zero-order valence-corrected chi connectivity index (χ0v) is 20.6. The Morgan fingerprint density at radius 3 is 2.41 bits per heavy atom. The van der Waals surface area contributed by atoms with Crippen molar-refractivity contribution in [3.8, 4) is 17.0 Å².